The van der Waals surface area contributed by atoms with Gasteiger partial charge in [-0.2, -0.15) is 0 Å². The summed E-state index contributed by atoms with van der Waals surface area (Å²) in [6.45, 7) is 0. The number of hydrogen-bond donors (Lipinski definition) is 0. The maximum absolute atomic E-state index is 12.7. The lowest BCUT2D eigenvalue weighted by Crippen LogP contribution is -2.06. The number of ketones is 1. The molecular formula is C18H12ClF2N3O2. The molecule has 5 nitrogen and oxygen atoms in total. The summed E-state index contributed by atoms with van der Waals surface area (Å²) < 4.78 is 31.0. The van der Waals surface area contributed by atoms with Crippen molar-refractivity contribution >= 4 is 17.4 Å². The number of carbonyl (C=O) groups is 1. The van der Waals surface area contributed by atoms with Crippen molar-refractivity contribution < 1.29 is 18.3 Å². The summed E-state index contributed by atoms with van der Waals surface area (Å²) in [6.07, 6.45) is 1.48. The van der Waals surface area contributed by atoms with E-state index < -0.39 is 6.43 Å². The van der Waals surface area contributed by atoms with Gasteiger partial charge in [0.25, 0.3) is 6.43 Å². The first kappa shape index (κ1) is 17.9. The fourth-order valence-electron chi connectivity index (χ4n) is 2.24. The van der Waals surface area contributed by atoms with Gasteiger partial charge in [-0.25, -0.2) is 18.7 Å². The minimum absolute atomic E-state index is 0.130. The number of aromatic nitrogens is 3. The molecule has 0 N–H and O–H groups in total. The van der Waals surface area contributed by atoms with E-state index >= 15 is 0 Å². The summed E-state index contributed by atoms with van der Waals surface area (Å²) >= 11 is 6.05. The molecule has 2 aromatic heterocycles. The Morgan fingerprint density at radius 1 is 1.12 bits per heavy atom. The lowest BCUT2D eigenvalue weighted by atomic mass is 10.1. The predicted molar refractivity (Wildman–Crippen MR) is 90.8 cm³/mol. The van der Waals surface area contributed by atoms with Gasteiger partial charge in [0.2, 0.25) is 0 Å². The van der Waals surface area contributed by atoms with Gasteiger partial charge in [0.1, 0.15) is 17.8 Å². The zero-order valence-electron chi connectivity index (χ0n) is 13.3. The van der Waals surface area contributed by atoms with Crippen molar-refractivity contribution in [1.82, 2.24) is 15.0 Å². The molecular weight excluding hydrogens is 364 g/mol. The number of Topliss-reactive ketones (excluding diaryl/α,β-unsaturated/α-hetero) is 1. The third kappa shape index (κ3) is 4.58. The van der Waals surface area contributed by atoms with Gasteiger partial charge >= 0.3 is 0 Å². The molecule has 0 aliphatic rings. The lowest BCUT2D eigenvalue weighted by molar-refractivity contribution is 0.0990. The molecule has 0 unspecified atom stereocenters. The Balaban J connectivity index is 1.80. The molecule has 0 spiro atoms. The van der Waals surface area contributed by atoms with E-state index in [1.54, 1.807) is 6.07 Å². The van der Waals surface area contributed by atoms with Crippen molar-refractivity contribution in [3.63, 3.8) is 0 Å². The monoisotopic (exact) mass is 375 g/mol. The van der Waals surface area contributed by atoms with Crippen LogP contribution in [0.4, 0.5) is 8.78 Å². The molecule has 0 amide bonds. The van der Waals surface area contributed by atoms with Crippen LogP contribution >= 0.6 is 11.6 Å². The van der Waals surface area contributed by atoms with E-state index in [0.717, 1.165) is 0 Å². The first-order valence-electron chi connectivity index (χ1n) is 7.52. The molecule has 0 atom stereocenters. The highest BCUT2D eigenvalue weighted by molar-refractivity contribution is 6.31. The van der Waals surface area contributed by atoms with E-state index in [2.05, 4.69) is 15.0 Å². The van der Waals surface area contributed by atoms with E-state index in [1.807, 2.05) is 0 Å². The van der Waals surface area contributed by atoms with Gasteiger partial charge in [-0.05, 0) is 30.3 Å². The molecule has 0 radical (unpaired) electrons. The van der Waals surface area contributed by atoms with Crippen molar-refractivity contribution in [2.24, 2.45) is 0 Å². The molecule has 0 bridgehead atoms. The van der Waals surface area contributed by atoms with Crippen LogP contribution in [-0.4, -0.2) is 20.7 Å². The van der Waals surface area contributed by atoms with E-state index in [1.165, 1.54) is 49.1 Å². The number of hydrogen-bond acceptors (Lipinski definition) is 5. The average molecular weight is 376 g/mol. The second kappa shape index (κ2) is 7.97. The Bertz CT molecular complexity index is 923. The molecule has 1 aromatic carbocycles. The highest BCUT2D eigenvalue weighted by atomic mass is 35.5. The fourth-order valence-corrected chi connectivity index (χ4v) is 2.47. The molecule has 0 saturated carbocycles. The quantitative estimate of drug-likeness (QED) is 0.585. The van der Waals surface area contributed by atoms with E-state index in [9.17, 15) is 13.6 Å². The van der Waals surface area contributed by atoms with Crippen LogP contribution in [0.1, 0.15) is 28.2 Å². The zero-order valence-corrected chi connectivity index (χ0v) is 14.0. The first-order chi connectivity index (χ1) is 12.5. The number of pyridine rings is 1. The number of carbonyl (C=O) groups excluding carboxylic acids is 1. The fraction of sp³-hybridized carbons (Fsp3) is 0.111. The van der Waals surface area contributed by atoms with Crippen LogP contribution in [0, 0.1) is 0 Å². The summed E-state index contributed by atoms with van der Waals surface area (Å²) in [5.41, 5.74) is 0.176. The van der Waals surface area contributed by atoms with Crippen molar-refractivity contribution in [3.8, 4) is 11.5 Å². The summed E-state index contributed by atoms with van der Waals surface area (Å²) in [7, 11) is 0. The maximum Gasteiger partial charge on any atom is 0.280 e. The van der Waals surface area contributed by atoms with Crippen LogP contribution in [-0.2, 0) is 6.42 Å². The summed E-state index contributed by atoms with van der Waals surface area (Å²) in [4.78, 5) is 24.0. The minimum atomic E-state index is -2.69. The van der Waals surface area contributed by atoms with E-state index in [-0.39, 0.29) is 29.2 Å². The van der Waals surface area contributed by atoms with Crippen LogP contribution in [0.2, 0.25) is 5.02 Å². The molecule has 8 heteroatoms. The number of halogens is 3. The molecule has 2 heterocycles. The van der Waals surface area contributed by atoms with Crippen molar-refractivity contribution in [3.05, 3.63) is 77.1 Å². The van der Waals surface area contributed by atoms with Crippen LogP contribution in [0.3, 0.4) is 0 Å². The minimum Gasteiger partial charge on any atom is -0.454 e. The molecule has 26 heavy (non-hydrogen) atoms. The van der Waals surface area contributed by atoms with Crippen molar-refractivity contribution in [1.29, 1.82) is 0 Å². The summed E-state index contributed by atoms with van der Waals surface area (Å²) in [6, 6.07) is 8.71. The SMILES string of the molecule is O=C(Cc1cccc(C(F)F)n1)c1cc(Cl)cc(Oc2cncnc2)c1. The third-order valence-corrected chi connectivity index (χ3v) is 3.58. The molecule has 0 aliphatic heterocycles. The van der Waals surface area contributed by atoms with Gasteiger partial charge in [0.15, 0.2) is 11.5 Å². The Labute approximate surface area is 152 Å². The van der Waals surface area contributed by atoms with Crippen molar-refractivity contribution in [2.75, 3.05) is 0 Å². The van der Waals surface area contributed by atoms with Crippen LogP contribution in [0.15, 0.2) is 55.1 Å². The Hall–Kier alpha value is -2.93. The van der Waals surface area contributed by atoms with Crippen LogP contribution < -0.4 is 4.74 Å². The number of benzene rings is 1. The summed E-state index contributed by atoms with van der Waals surface area (Å²) in [5.74, 6) is 0.407. The first-order valence-corrected chi connectivity index (χ1v) is 7.89. The molecule has 132 valence electrons. The number of rotatable bonds is 6. The largest absolute Gasteiger partial charge is 0.454 e. The van der Waals surface area contributed by atoms with Gasteiger partial charge < -0.3 is 4.74 Å². The van der Waals surface area contributed by atoms with Crippen molar-refractivity contribution in [2.45, 2.75) is 12.8 Å². The second-order valence-electron chi connectivity index (χ2n) is 5.31. The molecule has 0 fully saturated rings. The van der Waals surface area contributed by atoms with Gasteiger partial charge in [-0.1, -0.05) is 17.7 Å². The molecule has 3 rings (SSSR count). The van der Waals surface area contributed by atoms with Crippen LogP contribution in [0.5, 0.6) is 11.5 Å². The average Bonchev–Trinajstić information content (AvgIpc) is 2.62. The summed E-state index contributed by atoms with van der Waals surface area (Å²) in [5, 5.41) is 0.303. The number of ether oxygens (including phenoxy) is 1. The molecule has 0 aliphatic carbocycles. The Kier molecular flexibility index (Phi) is 5.48. The predicted octanol–water partition coefficient (Wildman–Crippen LogP) is 4.68. The molecule has 0 saturated heterocycles. The maximum atomic E-state index is 12.7. The third-order valence-electron chi connectivity index (χ3n) is 3.36. The highest BCUT2D eigenvalue weighted by Crippen LogP contribution is 2.26. The topological polar surface area (TPSA) is 65.0 Å². The van der Waals surface area contributed by atoms with Gasteiger partial charge in [0, 0.05) is 16.3 Å². The zero-order chi connectivity index (χ0) is 18.5. The van der Waals surface area contributed by atoms with Gasteiger partial charge in [-0.15, -0.1) is 0 Å². The highest BCUT2D eigenvalue weighted by Gasteiger charge is 2.14. The Morgan fingerprint density at radius 3 is 2.62 bits per heavy atom. The standard InChI is InChI=1S/C18H12ClF2N3O2/c19-12-4-11(5-14(6-12)26-15-8-22-10-23-9-15)17(25)7-13-2-1-3-16(24-13)18(20)21/h1-6,8-10,18H,7H2. The smallest absolute Gasteiger partial charge is 0.280 e. The Morgan fingerprint density at radius 2 is 1.88 bits per heavy atom. The number of nitrogens with zero attached hydrogens (tertiary/aromatic N) is 3. The van der Waals surface area contributed by atoms with Crippen LogP contribution in [0.25, 0.3) is 0 Å². The molecule has 3 aromatic rings. The number of alkyl halides is 2. The van der Waals surface area contributed by atoms with E-state index in [4.69, 9.17) is 16.3 Å². The second-order valence-corrected chi connectivity index (χ2v) is 5.74. The van der Waals surface area contributed by atoms with Gasteiger partial charge in [-0.3, -0.25) is 9.78 Å². The van der Waals surface area contributed by atoms with Gasteiger partial charge in [0.05, 0.1) is 18.8 Å². The lowest BCUT2D eigenvalue weighted by Gasteiger charge is -2.08. The normalized spacial score (nSPS) is 10.8. The van der Waals surface area contributed by atoms with E-state index in [0.29, 0.717) is 16.5 Å².